The van der Waals surface area contributed by atoms with Gasteiger partial charge in [-0.25, -0.2) is 14.2 Å². The number of ether oxygens (including phenoxy) is 1. The van der Waals surface area contributed by atoms with Crippen molar-refractivity contribution in [2.75, 3.05) is 7.11 Å². The number of rotatable bonds is 2. The van der Waals surface area contributed by atoms with Gasteiger partial charge in [-0.15, -0.1) is 11.3 Å². The van der Waals surface area contributed by atoms with Gasteiger partial charge in [0.25, 0.3) is 0 Å². The minimum Gasteiger partial charge on any atom is -0.465 e. The van der Waals surface area contributed by atoms with Crippen LogP contribution in [0.15, 0.2) is 36.4 Å². The summed E-state index contributed by atoms with van der Waals surface area (Å²) in [5.41, 5.74) is 1.80. The highest BCUT2D eigenvalue weighted by Crippen LogP contribution is 2.32. The SMILES string of the molecule is COC(=O)c1ccc(-c2nc3ccc(F)cc3s2)cc1Cl. The van der Waals surface area contributed by atoms with Crippen molar-refractivity contribution in [1.82, 2.24) is 4.98 Å². The lowest BCUT2D eigenvalue weighted by Crippen LogP contribution is -2.01. The van der Waals surface area contributed by atoms with Gasteiger partial charge in [0.05, 0.1) is 27.9 Å². The first kappa shape index (κ1) is 14.0. The fraction of sp³-hybridized carbons (Fsp3) is 0.0667. The van der Waals surface area contributed by atoms with Crippen LogP contribution >= 0.6 is 22.9 Å². The molecule has 106 valence electrons. The van der Waals surface area contributed by atoms with E-state index in [-0.39, 0.29) is 5.82 Å². The summed E-state index contributed by atoms with van der Waals surface area (Å²) in [5.74, 6) is -0.783. The van der Waals surface area contributed by atoms with Crippen molar-refractivity contribution in [3.63, 3.8) is 0 Å². The van der Waals surface area contributed by atoms with E-state index in [1.807, 2.05) is 0 Å². The number of thiazole rings is 1. The molecule has 0 aliphatic heterocycles. The van der Waals surface area contributed by atoms with Crippen molar-refractivity contribution in [1.29, 1.82) is 0 Å². The number of carbonyl (C=O) groups is 1. The van der Waals surface area contributed by atoms with Crippen molar-refractivity contribution >= 4 is 39.1 Å². The van der Waals surface area contributed by atoms with Gasteiger partial charge in [-0.3, -0.25) is 0 Å². The molecule has 1 heterocycles. The minimum atomic E-state index is -0.488. The second kappa shape index (κ2) is 5.42. The van der Waals surface area contributed by atoms with Gasteiger partial charge in [-0.2, -0.15) is 0 Å². The van der Waals surface area contributed by atoms with Crippen LogP contribution in [0.1, 0.15) is 10.4 Å². The van der Waals surface area contributed by atoms with Gasteiger partial charge in [0, 0.05) is 5.56 Å². The van der Waals surface area contributed by atoms with Gasteiger partial charge in [0.2, 0.25) is 0 Å². The molecule has 0 spiro atoms. The predicted molar refractivity (Wildman–Crippen MR) is 81.4 cm³/mol. The summed E-state index contributed by atoms with van der Waals surface area (Å²) < 4.78 is 18.6. The molecule has 21 heavy (non-hydrogen) atoms. The first-order chi connectivity index (χ1) is 10.1. The fourth-order valence-corrected chi connectivity index (χ4v) is 3.19. The quantitative estimate of drug-likeness (QED) is 0.650. The summed E-state index contributed by atoms with van der Waals surface area (Å²) in [6.07, 6.45) is 0. The van der Waals surface area contributed by atoms with E-state index in [9.17, 15) is 9.18 Å². The molecule has 3 nitrogen and oxygen atoms in total. The topological polar surface area (TPSA) is 39.2 Å². The normalized spacial score (nSPS) is 10.8. The average Bonchev–Trinajstić information content (AvgIpc) is 2.89. The fourth-order valence-electron chi connectivity index (χ4n) is 1.95. The van der Waals surface area contributed by atoms with E-state index < -0.39 is 5.97 Å². The maximum atomic E-state index is 13.2. The van der Waals surface area contributed by atoms with Crippen LogP contribution in [0, 0.1) is 5.82 Å². The molecule has 0 N–H and O–H groups in total. The van der Waals surface area contributed by atoms with Crippen LogP contribution in [0.4, 0.5) is 4.39 Å². The number of fused-ring (bicyclic) bond motifs is 1. The number of halogens is 2. The van der Waals surface area contributed by atoms with Crippen molar-refractivity contribution in [3.8, 4) is 10.6 Å². The first-order valence-electron chi connectivity index (χ1n) is 6.03. The second-order valence-corrected chi connectivity index (χ2v) is 5.76. The molecular weight excluding hydrogens is 313 g/mol. The summed E-state index contributed by atoms with van der Waals surface area (Å²) in [5, 5.41) is 1.01. The van der Waals surface area contributed by atoms with E-state index in [0.717, 1.165) is 15.8 Å². The summed E-state index contributed by atoms with van der Waals surface area (Å²) in [4.78, 5) is 15.9. The molecule has 0 amide bonds. The largest absolute Gasteiger partial charge is 0.465 e. The molecule has 0 aliphatic carbocycles. The molecule has 0 bridgehead atoms. The lowest BCUT2D eigenvalue weighted by Gasteiger charge is -2.03. The third-order valence-corrected chi connectivity index (χ3v) is 4.35. The molecule has 0 aliphatic rings. The van der Waals surface area contributed by atoms with Crippen LogP contribution in [-0.2, 0) is 4.74 Å². The number of hydrogen-bond donors (Lipinski definition) is 0. The Bertz CT molecular complexity index is 847. The van der Waals surface area contributed by atoms with E-state index in [4.69, 9.17) is 11.6 Å². The standard InChI is InChI=1S/C15H9ClFNO2S/c1-20-15(19)10-4-2-8(6-11(10)16)14-18-12-5-3-9(17)7-13(12)21-14/h2-7H,1H3. The van der Waals surface area contributed by atoms with E-state index >= 15 is 0 Å². The number of methoxy groups -OCH3 is 1. The molecule has 2 aromatic carbocycles. The van der Waals surface area contributed by atoms with E-state index in [1.165, 1.54) is 30.6 Å². The lowest BCUT2D eigenvalue weighted by molar-refractivity contribution is 0.0601. The Balaban J connectivity index is 2.06. The van der Waals surface area contributed by atoms with Crippen molar-refractivity contribution in [2.45, 2.75) is 0 Å². The average molecular weight is 322 g/mol. The number of hydrogen-bond acceptors (Lipinski definition) is 4. The van der Waals surface area contributed by atoms with Crippen LogP contribution in [0.25, 0.3) is 20.8 Å². The van der Waals surface area contributed by atoms with E-state index in [2.05, 4.69) is 9.72 Å². The number of benzene rings is 2. The Labute approximate surface area is 129 Å². The molecule has 0 atom stereocenters. The molecule has 3 aromatic rings. The summed E-state index contributed by atoms with van der Waals surface area (Å²) in [7, 11) is 1.30. The van der Waals surface area contributed by atoms with Crippen LogP contribution < -0.4 is 0 Å². The van der Waals surface area contributed by atoms with Gasteiger partial charge in [-0.05, 0) is 30.3 Å². The first-order valence-corrected chi connectivity index (χ1v) is 7.22. The zero-order chi connectivity index (χ0) is 15.0. The Kier molecular flexibility index (Phi) is 3.61. The van der Waals surface area contributed by atoms with Gasteiger partial charge in [-0.1, -0.05) is 17.7 Å². The molecule has 6 heteroatoms. The highest BCUT2D eigenvalue weighted by atomic mass is 35.5. The van der Waals surface area contributed by atoms with Crippen molar-refractivity contribution < 1.29 is 13.9 Å². The highest BCUT2D eigenvalue weighted by molar-refractivity contribution is 7.21. The molecule has 0 saturated heterocycles. The van der Waals surface area contributed by atoms with Crippen LogP contribution in [0.3, 0.4) is 0 Å². The smallest absolute Gasteiger partial charge is 0.339 e. The van der Waals surface area contributed by atoms with Gasteiger partial charge >= 0.3 is 5.97 Å². The maximum Gasteiger partial charge on any atom is 0.339 e. The summed E-state index contributed by atoms with van der Waals surface area (Å²) in [6, 6.07) is 9.44. The second-order valence-electron chi connectivity index (χ2n) is 4.32. The Morgan fingerprint density at radius 2 is 2.10 bits per heavy atom. The highest BCUT2D eigenvalue weighted by Gasteiger charge is 2.13. The third kappa shape index (κ3) is 2.62. The van der Waals surface area contributed by atoms with E-state index in [1.54, 1.807) is 24.3 Å². The van der Waals surface area contributed by atoms with Crippen molar-refractivity contribution in [3.05, 3.63) is 52.8 Å². The Morgan fingerprint density at radius 1 is 1.29 bits per heavy atom. The predicted octanol–water partition coefficient (Wildman–Crippen LogP) is 4.54. The number of aromatic nitrogens is 1. The molecule has 0 fully saturated rings. The van der Waals surface area contributed by atoms with Crippen LogP contribution in [0.2, 0.25) is 5.02 Å². The molecule has 0 radical (unpaired) electrons. The van der Waals surface area contributed by atoms with Gasteiger partial charge < -0.3 is 4.74 Å². The van der Waals surface area contributed by atoms with Crippen molar-refractivity contribution in [2.24, 2.45) is 0 Å². The molecule has 0 unspecified atom stereocenters. The van der Waals surface area contributed by atoms with Crippen LogP contribution in [-0.4, -0.2) is 18.1 Å². The molecule has 1 aromatic heterocycles. The van der Waals surface area contributed by atoms with Crippen LogP contribution in [0.5, 0.6) is 0 Å². The molecular formula is C15H9ClFNO2S. The zero-order valence-corrected chi connectivity index (χ0v) is 12.5. The summed E-state index contributed by atoms with van der Waals surface area (Å²) in [6.45, 7) is 0. The molecule has 0 saturated carbocycles. The summed E-state index contributed by atoms with van der Waals surface area (Å²) >= 11 is 7.46. The van der Waals surface area contributed by atoms with Gasteiger partial charge in [0.1, 0.15) is 10.8 Å². The number of nitrogens with zero attached hydrogens (tertiary/aromatic N) is 1. The minimum absolute atomic E-state index is 0.295. The Morgan fingerprint density at radius 3 is 2.81 bits per heavy atom. The Hall–Kier alpha value is -1.98. The zero-order valence-electron chi connectivity index (χ0n) is 10.9. The maximum absolute atomic E-state index is 13.2. The van der Waals surface area contributed by atoms with E-state index in [0.29, 0.717) is 15.6 Å². The monoisotopic (exact) mass is 321 g/mol. The number of esters is 1. The van der Waals surface area contributed by atoms with Gasteiger partial charge in [0.15, 0.2) is 0 Å². The lowest BCUT2D eigenvalue weighted by atomic mass is 10.1. The molecule has 3 rings (SSSR count). The third-order valence-electron chi connectivity index (χ3n) is 2.97. The number of carbonyl (C=O) groups excluding carboxylic acids is 1.